The van der Waals surface area contributed by atoms with E-state index in [9.17, 15) is 0 Å². The molecule has 0 amide bonds. The normalized spacial score (nSPS) is 17.7. The van der Waals surface area contributed by atoms with E-state index in [1.807, 2.05) is 36.4 Å². The van der Waals surface area contributed by atoms with Gasteiger partial charge in [0, 0.05) is 0 Å². The Hall–Kier alpha value is -2.84. The molecule has 2 aliphatic carbocycles. The van der Waals surface area contributed by atoms with E-state index in [-0.39, 0.29) is 7.25 Å². The topological polar surface area (TPSA) is 0 Å². The molecule has 0 heterocycles. The van der Waals surface area contributed by atoms with Crippen molar-refractivity contribution in [1.82, 2.24) is 0 Å². The summed E-state index contributed by atoms with van der Waals surface area (Å²) in [5, 5.41) is 0. The Labute approximate surface area is 284 Å². The van der Waals surface area contributed by atoms with Gasteiger partial charge in [0.15, 0.2) is 0 Å². The van der Waals surface area contributed by atoms with Gasteiger partial charge in [0.25, 0.3) is 0 Å². The van der Waals surface area contributed by atoms with E-state index < -0.39 is 21.5 Å². The van der Waals surface area contributed by atoms with Gasteiger partial charge in [-0.1, -0.05) is 0 Å². The number of fused-ring (bicyclic) bond motifs is 2. The molecule has 4 aromatic carbocycles. The predicted octanol–water partition coefficient (Wildman–Crippen LogP) is 11.4. The van der Waals surface area contributed by atoms with Gasteiger partial charge in [-0.05, 0) is 0 Å². The summed E-state index contributed by atoms with van der Waals surface area (Å²) in [6, 6.07) is 33.6. The van der Waals surface area contributed by atoms with Crippen molar-refractivity contribution < 1.29 is 15.6 Å². The first-order chi connectivity index (χ1) is 22.0. The fraction of sp³-hybridized carbons (Fsp3) is 0.238. The van der Waals surface area contributed by atoms with Crippen LogP contribution < -0.4 is 0 Å². The van der Waals surface area contributed by atoms with Crippen LogP contribution >= 0.6 is 17.0 Å². The van der Waals surface area contributed by atoms with Crippen LogP contribution in [0.4, 0.5) is 0 Å². The summed E-state index contributed by atoms with van der Waals surface area (Å²) >= 11 is -4.89. The van der Waals surface area contributed by atoms with E-state index in [1.165, 1.54) is 33.4 Å². The molecule has 0 spiro atoms. The Morgan fingerprint density at radius 3 is 1.28 bits per heavy atom. The number of hydrogen-bond donors (Lipinski definition) is 0. The van der Waals surface area contributed by atoms with Crippen LogP contribution in [0.2, 0.25) is 13.1 Å². The van der Waals surface area contributed by atoms with Crippen molar-refractivity contribution in [3.63, 3.8) is 0 Å². The minimum atomic E-state index is -4.89. The van der Waals surface area contributed by atoms with Crippen molar-refractivity contribution in [2.75, 3.05) is 0 Å². The first-order valence-electron chi connectivity index (χ1n) is 16.4. The molecule has 2 atom stereocenters. The summed E-state index contributed by atoms with van der Waals surface area (Å²) < 4.78 is 0.0594. The molecule has 231 valence electrons. The SMILES string of the molecule is CC(C)C1=Cc2c(C#Cc3ccccc3)cccc2[CH]1[Zr]([Cl])([Cl])([CH]1C(C(C)C)=Cc2c(C#Cc3ccccc3)cccc21)[SiH](C)C. The standard InChI is InChI=1S/2C20H17.C2H7Si.2ClH.Zr/c2*1-15(2)19-13-18-10-6-9-17(20(18)14-19)12-11-16-7-4-3-5-8-16;1-3-2;;;/h2*3-10,13-15H,1-2H3;3H,1-2H3;2*1H;/q;;;;;+2/p-2. The Balaban J connectivity index is 1.55. The van der Waals surface area contributed by atoms with Gasteiger partial charge >= 0.3 is 287 Å². The molecule has 4 aromatic rings. The average Bonchev–Trinajstić information content (AvgIpc) is 3.66. The second-order valence-corrected chi connectivity index (χ2v) is 56.2. The van der Waals surface area contributed by atoms with Gasteiger partial charge in [0.2, 0.25) is 0 Å². The molecule has 0 nitrogen and oxygen atoms in total. The third-order valence-corrected chi connectivity index (χ3v) is 61.6. The minimum absolute atomic E-state index is 0.0297. The second-order valence-electron chi connectivity index (χ2n) is 13.7. The van der Waals surface area contributed by atoms with Gasteiger partial charge in [-0.3, -0.25) is 0 Å². The van der Waals surface area contributed by atoms with Crippen LogP contribution in [0.3, 0.4) is 0 Å². The van der Waals surface area contributed by atoms with Gasteiger partial charge in [-0.2, -0.15) is 0 Å². The molecule has 0 saturated carbocycles. The Kier molecular flexibility index (Phi) is 9.34. The van der Waals surface area contributed by atoms with Gasteiger partial charge in [0.05, 0.1) is 0 Å². The van der Waals surface area contributed by atoms with Crippen molar-refractivity contribution in [2.24, 2.45) is 11.8 Å². The van der Waals surface area contributed by atoms with Gasteiger partial charge < -0.3 is 0 Å². The zero-order valence-electron chi connectivity index (χ0n) is 27.5. The average molecular weight is 736 g/mol. The summed E-state index contributed by atoms with van der Waals surface area (Å²) in [5.74, 6) is 12.8. The Bertz CT molecular complexity index is 1840. The summed E-state index contributed by atoms with van der Waals surface area (Å²) in [6.07, 6.45) is 4.79. The molecular weight excluding hydrogens is 695 g/mol. The van der Waals surface area contributed by atoms with E-state index in [1.54, 1.807) is 0 Å². The molecule has 0 saturated heterocycles. The predicted molar refractivity (Wildman–Crippen MR) is 199 cm³/mol. The van der Waals surface area contributed by atoms with E-state index in [2.05, 4.69) is 137 Å². The van der Waals surface area contributed by atoms with Crippen LogP contribution in [0.5, 0.6) is 0 Å². The van der Waals surface area contributed by atoms with Gasteiger partial charge in [0.1, 0.15) is 0 Å². The maximum atomic E-state index is 8.61. The van der Waals surface area contributed by atoms with Crippen molar-refractivity contribution in [2.45, 2.75) is 48.0 Å². The Morgan fingerprint density at radius 1 is 0.543 bits per heavy atom. The van der Waals surface area contributed by atoms with Crippen LogP contribution in [-0.4, -0.2) is 5.92 Å². The summed E-state index contributed by atoms with van der Waals surface area (Å²) in [6.45, 7) is 14.0. The van der Waals surface area contributed by atoms with E-state index in [0.29, 0.717) is 11.8 Å². The fourth-order valence-electron chi connectivity index (χ4n) is 7.46. The molecule has 4 heteroatoms. The monoisotopic (exact) mass is 733 g/mol. The molecule has 2 unspecified atom stereocenters. The van der Waals surface area contributed by atoms with Gasteiger partial charge in [-0.15, -0.1) is 0 Å². The number of hydrogen-bond acceptors (Lipinski definition) is 0. The number of benzene rings is 4. The molecule has 0 aliphatic heterocycles. The van der Waals surface area contributed by atoms with Gasteiger partial charge in [-0.25, -0.2) is 0 Å². The van der Waals surface area contributed by atoms with Crippen LogP contribution in [0, 0.1) is 35.5 Å². The molecule has 0 radical (unpaired) electrons. The van der Waals surface area contributed by atoms with Crippen LogP contribution in [0.25, 0.3) is 12.2 Å². The molecular formula is C42H41Cl2SiZr. The number of allylic oxidation sites excluding steroid dienone is 2. The van der Waals surface area contributed by atoms with Crippen molar-refractivity contribution in [3.8, 4) is 23.7 Å². The molecule has 2 aliphatic rings. The van der Waals surface area contributed by atoms with Crippen molar-refractivity contribution >= 4 is 35.1 Å². The molecule has 0 N–H and O–H groups in total. The molecule has 6 rings (SSSR count). The maximum absolute atomic E-state index is 8.61. The van der Waals surface area contributed by atoms with E-state index >= 15 is 0 Å². The first kappa shape index (κ1) is 33.1. The van der Waals surface area contributed by atoms with Crippen molar-refractivity contribution in [3.05, 3.63) is 153 Å². The third kappa shape index (κ3) is 5.78. The number of rotatable bonds is 5. The second kappa shape index (κ2) is 13.0. The fourth-order valence-corrected chi connectivity index (χ4v) is 38.9. The molecule has 0 fully saturated rings. The summed E-state index contributed by atoms with van der Waals surface area (Å²) in [5.41, 5.74) is 11.8. The zero-order chi connectivity index (χ0) is 32.7. The van der Waals surface area contributed by atoms with Crippen molar-refractivity contribution in [1.29, 1.82) is 0 Å². The molecule has 0 aromatic heterocycles. The van der Waals surface area contributed by atoms with E-state index in [4.69, 9.17) is 17.0 Å². The summed E-state index contributed by atoms with van der Waals surface area (Å²) in [7, 11) is 17.2. The van der Waals surface area contributed by atoms with E-state index in [0.717, 1.165) is 22.3 Å². The van der Waals surface area contributed by atoms with Crippen LogP contribution in [-0.2, 0) is 15.6 Å². The molecule has 0 bridgehead atoms. The quantitative estimate of drug-likeness (QED) is 0.141. The third-order valence-electron chi connectivity index (χ3n) is 9.96. The molecule has 46 heavy (non-hydrogen) atoms. The number of halogens is 2. The summed E-state index contributed by atoms with van der Waals surface area (Å²) in [4.78, 5) is 0. The van der Waals surface area contributed by atoms with Crippen LogP contribution in [0.1, 0.15) is 79.5 Å². The van der Waals surface area contributed by atoms with Crippen LogP contribution in [0.15, 0.2) is 108 Å². The Morgan fingerprint density at radius 2 is 0.935 bits per heavy atom. The zero-order valence-corrected chi connectivity index (χ0v) is 32.7. The first-order valence-corrected chi connectivity index (χ1v) is 32.7.